The molecule has 1 atom stereocenters. The van der Waals surface area contributed by atoms with E-state index in [1.807, 2.05) is 4.90 Å². The average molecular weight is 352 g/mol. The molecule has 1 unspecified atom stereocenters. The fourth-order valence-corrected chi connectivity index (χ4v) is 3.36. The van der Waals surface area contributed by atoms with E-state index in [0.29, 0.717) is 30.5 Å². The second-order valence-corrected chi connectivity index (χ2v) is 6.45. The monoisotopic (exact) mass is 351 g/mol. The molecular formula is C18H22ClNO4. The van der Waals surface area contributed by atoms with Crippen molar-refractivity contribution in [2.24, 2.45) is 5.92 Å². The Morgan fingerprint density at radius 1 is 1.38 bits per heavy atom. The summed E-state index contributed by atoms with van der Waals surface area (Å²) in [4.78, 5) is 14.4. The Bertz CT molecular complexity index is 613. The van der Waals surface area contributed by atoms with Crippen LogP contribution in [0.4, 0.5) is 0 Å². The Labute approximate surface area is 147 Å². The van der Waals surface area contributed by atoms with E-state index < -0.39 is 0 Å². The van der Waals surface area contributed by atoms with Crippen LogP contribution in [0.3, 0.4) is 0 Å². The molecule has 0 saturated carbocycles. The Hall–Kier alpha value is -1.56. The predicted molar refractivity (Wildman–Crippen MR) is 92.0 cm³/mol. The van der Waals surface area contributed by atoms with Crippen molar-refractivity contribution in [3.63, 3.8) is 0 Å². The van der Waals surface area contributed by atoms with Gasteiger partial charge in [-0.25, -0.2) is 0 Å². The van der Waals surface area contributed by atoms with Crippen molar-refractivity contribution in [2.75, 3.05) is 33.4 Å². The number of hydrogen-bond acceptors (Lipinski definition) is 4. The number of piperidine rings is 1. The zero-order chi connectivity index (χ0) is 16.9. The third-order valence-electron chi connectivity index (χ3n) is 4.40. The smallest absolute Gasteiger partial charge is 0.246 e. The molecule has 1 amide bonds. The van der Waals surface area contributed by atoms with Gasteiger partial charge in [0, 0.05) is 35.7 Å². The molecule has 6 heteroatoms. The molecule has 2 aliphatic rings. The molecule has 0 aliphatic carbocycles. The summed E-state index contributed by atoms with van der Waals surface area (Å²) < 4.78 is 16.5. The summed E-state index contributed by atoms with van der Waals surface area (Å²) in [7, 11) is 1.60. The highest BCUT2D eigenvalue weighted by Gasteiger charge is 2.32. The number of rotatable bonds is 4. The van der Waals surface area contributed by atoms with Crippen molar-refractivity contribution in [3.05, 3.63) is 34.9 Å². The van der Waals surface area contributed by atoms with Crippen LogP contribution in [0.1, 0.15) is 18.4 Å². The minimum atomic E-state index is -0.169. The van der Waals surface area contributed by atoms with E-state index in [1.165, 1.54) is 0 Å². The normalized spacial score (nSPS) is 22.2. The third-order valence-corrected chi connectivity index (χ3v) is 4.63. The van der Waals surface area contributed by atoms with E-state index in [0.717, 1.165) is 24.9 Å². The van der Waals surface area contributed by atoms with Gasteiger partial charge in [0.1, 0.15) is 5.75 Å². The molecule has 5 nitrogen and oxygen atoms in total. The van der Waals surface area contributed by atoms with Crippen LogP contribution in [0.2, 0.25) is 5.02 Å². The van der Waals surface area contributed by atoms with Crippen molar-refractivity contribution in [2.45, 2.75) is 19.1 Å². The molecule has 0 spiro atoms. The van der Waals surface area contributed by atoms with Crippen LogP contribution in [0.15, 0.2) is 24.3 Å². The number of nitrogens with zero attached hydrogens (tertiary/aromatic N) is 1. The largest absolute Gasteiger partial charge is 0.496 e. The van der Waals surface area contributed by atoms with Crippen molar-refractivity contribution in [1.29, 1.82) is 0 Å². The molecule has 2 saturated heterocycles. The maximum absolute atomic E-state index is 12.5. The van der Waals surface area contributed by atoms with Crippen molar-refractivity contribution >= 4 is 23.6 Å². The van der Waals surface area contributed by atoms with E-state index >= 15 is 0 Å². The Kier molecular flexibility index (Phi) is 5.76. The average Bonchev–Trinajstić information content (AvgIpc) is 3.14. The van der Waals surface area contributed by atoms with Crippen LogP contribution < -0.4 is 4.74 Å². The van der Waals surface area contributed by atoms with E-state index in [2.05, 4.69) is 0 Å². The molecule has 24 heavy (non-hydrogen) atoms. The van der Waals surface area contributed by atoms with Gasteiger partial charge >= 0.3 is 0 Å². The van der Waals surface area contributed by atoms with Gasteiger partial charge in [-0.2, -0.15) is 0 Å². The van der Waals surface area contributed by atoms with Crippen LogP contribution in [-0.4, -0.2) is 50.5 Å². The number of halogens is 1. The second-order valence-electron chi connectivity index (χ2n) is 6.02. The number of ether oxygens (including phenoxy) is 3. The van der Waals surface area contributed by atoms with Gasteiger partial charge in [-0.05, 0) is 37.1 Å². The van der Waals surface area contributed by atoms with Gasteiger partial charge < -0.3 is 19.1 Å². The van der Waals surface area contributed by atoms with Gasteiger partial charge in [-0.1, -0.05) is 11.6 Å². The van der Waals surface area contributed by atoms with E-state index in [-0.39, 0.29) is 18.1 Å². The van der Waals surface area contributed by atoms with Crippen molar-refractivity contribution < 1.29 is 19.0 Å². The molecule has 1 aromatic rings. The van der Waals surface area contributed by atoms with E-state index in [4.69, 9.17) is 25.8 Å². The molecule has 0 bridgehead atoms. The molecule has 0 radical (unpaired) electrons. The summed E-state index contributed by atoms with van der Waals surface area (Å²) in [5, 5.41) is 0.608. The van der Waals surface area contributed by atoms with Crippen molar-refractivity contribution in [3.8, 4) is 5.75 Å². The van der Waals surface area contributed by atoms with Gasteiger partial charge in [0.05, 0.1) is 20.3 Å². The lowest BCUT2D eigenvalue weighted by Gasteiger charge is -2.34. The van der Waals surface area contributed by atoms with Gasteiger partial charge in [0.25, 0.3) is 0 Å². The lowest BCUT2D eigenvalue weighted by atomic mass is 9.97. The molecule has 2 fully saturated rings. The number of amides is 1. The first kappa shape index (κ1) is 17.3. The van der Waals surface area contributed by atoms with Gasteiger partial charge in [-0.3, -0.25) is 4.79 Å². The lowest BCUT2D eigenvalue weighted by Crippen LogP contribution is -2.43. The summed E-state index contributed by atoms with van der Waals surface area (Å²) >= 11 is 6.02. The van der Waals surface area contributed by atoms with E-state index in [9.17, 15) is 4.79 Å². The number of carbonyl (C=O) groups is 1. The molecular weight excluding hydrogens is 330 g/mol. The summed E-state index contributed by atoms with van der Waals surface area (Å²) in [6.07, 6.45) is 5.15. The minimum Gasteiger partial charge on any atom is -0.496 e. The molecule has 130 valence electrons. The van der Waals surface area contributed by atoms with Crippen LogP contribution in [-0.2, 0) is 14.3 Å². The topological polar surface area (TPSA) is 48.0 Å². The first-order valence-electron chi connectivity index (χ1n) is 8.21. The van der Waals surface area contributed by atoms with Crippen LogP contribution >= 0.6 is 11.6 Å². The number of hydrogen-bond donors (Lipinski definition) is 0. The lowest BCUT2D eigenvalue weighted by molar-refractivity contribution is -0.134. The first-order valence-corrected chi connectivity index (χ1v) is 8.59. The minimum absolute atomic E-state index is 0.0141. The molecule has 2 aliphatic heterocycles. The molecule has 0 N–H and O–H groups in total. The standard InChI is InChI=1S/C18H22ClNO4/c1-22-16-6-5-15(19)11-13(16)4-7-17(21)20-8-2-3-14(12-20)18-23-9-10-24-18/h4-7,11,14,18H,2-3,8-10,12H2,1H3/b7-4+. The van der Waals surface area contributed by atoms with Gasteiger partial charge in [0.15, 0.2) is 6.29 Å². The maximum Gasteiger partial charge on any atom is 0.246 e. The Balaban J connectivity index is 1.64. The zero-order valence-corrected chi connectivity index (χ0v) is 14.5. The quantitative estimate of drug-likeness (QED) is 0.782. The molecule has 1 aromatic carbocycles. The van der Waals surface area contributed by atoms with Crippen LogP contribution in [0.25, 0.3) is 6.08 Å². The highest BCUT2D eigenvalue weighted by molar-refractivity contribution is 6.30. The highest BCUT2D eigenvalue weighted by atomic mass is 35.5. The summed E-state index contributed by atoms with van der Waals surface area (Å²) in [6, 6.07) is 5.33. The SMILES string of the molecule is COc1ccc(Cl)cc1/C=C/C(=O)N1CCCC(C2OCCO2)C1. The summed E-state index contributed by atoms with van der Waals surface area (Å²) in [6.45, 7) is 2.72. The fourth-order valence-electron chi connectivity index (χ4n) is 3.18. The predicted octanol–water partition coefficient (Wildman–Crippen LogP) is 2.97. The fraction of sp³-hybridized carbons (Fsp3) is 0.500. The highest BCUT2D eigenvalue weighted by Crippen LogP contribution is 2.26. The second kappa shape index (κ2) is 8.01. The number of carbonyl (C=O) groups excluding carboxylic acids is 1. The molecule has 0 aromatic heterocycles. The molecule has 3 rings (SSSR count). The van der Waals surface area contributed by atoms with Crippen molar-refractivity contribution in [1.82, 2.24) is 4.90 Å². The first-order chi connectivity index (χ1) is 11.7. The molecule has 2 heterocycles. The Morgan fingerprint density at radius 3 is 2.92 bits per heavy atom. The van der Waals surface area contributed by atoms with Crippen LogP contribution in [0.5, 0.6) is 5.75 Å². The van der Waals surface area contributed by atoms with E-state index in [1.54, 1.807) is 37.5 Å². The third kappa shape index (κ3) is 4.09. The summed E-state index contributed by atoms with van der Waals surface area (Å²) in [5.74, 6) is 0.923. The Morgan fingerprint density at radius 2 is 2.17 bits per heavy atom. The van der Waals surface area contributed by atoms with Gasteiger partial charge in [0.2, 0.25) is 5.91 Å². The number of benzene rings is 1. The number of methoxy groups -OCH3 is 1. The number of likely N-dealkylation sites (tertiary alicyclic amines) is 1. The summed E-state index contributed by atoms with van der Waals surface area (Å²) in [5.41, 5.74) is 0.786. The van der Waals surface area contributed by atoms with Gasteiger partial charge in [-0.15, -0.1) is 0 Å². The maximum atomic E-state index is 12.5. The zero-order valence-electron chi connectivity index (χ0n) is 13.7. The van der Waals surface area contributed by atoms with Crippen LogP contribution in [0, 0.1) is 5.92 Å².